The monoisotopic (exact) mass is 249 g/mol. The lowest BCUT2D eigenvalue weighted by molar-refractivity contribution is 0.321. The molecule has 0 spiro atoms. The van der Waals surface area contributed by atoms with Gasteiger partial charge in [-0.05, 0) is 19.1 Å². The molecule has 4 nitrogen and oxygen atoms in total. The fraction of sp³-hybridized carbons (Fsp3) is 0.308. The Morgan fingerprint density at radius 2 is 2.28 bits per heavy atom. The van der Waals surface area contributed by atoms with Crippen molar-refractivity contribution in [1.29, 1.82) is 0 Å². The molecule has 1 aromatic heterocycles. The number of rotatable bonds is 5. The maximum absolute atomic E-state index is 13.6. The summed E-state index contributed by atoms with van der Waals surface area (Å²) in [6.07, 6.45) is 3.69. The van der Waals surface area contributed by atoms with Gasteiger partial charge in [0.05, 0.1) is 12.8 Å². The zero-order valence-electron chi connectivity index (χ0n) is 10.5. The first-order valence-corrected chi connectivity index (χ1v) is 5.82. The molecule has 0 amide bonds. The summed E-state index contributed by atoms with van der Waals surface area (Å²) in [5.41, 5.74) is 1.77. The number of ether oxygens (including phenoxy) is 1. The van der Waals surface area contributed by atoms with Crippen molar-refractivity contribution in [3.05, 3.63) is 42.0 Å². The van der Waals surface area contributed by atoms with Gasteiger partial charge >= 0.3 is 0 Å². The van der Waals surface area contributed by atoms with Crippen LogP contribution in [0.15, 0.2) is 30.6 Å². The van der Waals surface area contributed by atoms with Gasteiger partial charge in [-0.1, -0.05) is 0 Å². The summed E-state index contributed by atoms with van der Waals surface area (Å²) in [6.45, 7) is 2.90. The van der Waals surface area contributed by atoms with Crippen LogP contribution in [0.1, 0.15) is 12.5 Å². The summed E-state index contributed by atoms with van der Waals surface area (Å²) < 4.78 is 20.5. The van der Waals surface area contributed by atoms with Gasteiger partial charge in [0.1, 0.15) is 0 Å². The molecular weight excluding hydrogens is 233 g/mol. The zero-order valence-corrected chi connectivity index (χ0v) is 10.5. The first-order chi connectivity index (χ1) is 8.69. The number of hydrogen-bond acceptors (Lipinski definition) is 3. The van der Waals surface area contributed by atoms with Gasteiger partial charge in [0, 0.05) is 37.1 Å². The Morgan fingerprint density at radius 1 is 1.44 bits per heavy atom. The topological polar surface area (TPSA) is 39.1 Å². The number of halogens is 1. The summed E-state index contributed by atoms with van der Waals surface area (Å²) in [5.74, 6) is -0.0718. The van der Waals surface area contributed by atoms with E-state index < -0.39 is 0 Å². The predicted molar refractivity (Wildman–Crippen MR) is 68.1 cm³/mol. The SMILES string of the molecule is CCOc1ccc(NCc2cnn(C)c2)cc1F. The molecule has 1 heterocycles. The van der Waals surface area contributed by atoms with Gasteiger partial charge in [0.25, 0.3) is 0 Å². The molecule has 1 aromatic carbocycles. The quantitative estimate of drug-likeness (QED) is 0.885. The second-order valence-corrected chi connectivity index (χ2v) is 3.95. The summed E-state index contributed by atoms with van der Waals surface area (Å²) in [4.78, 5) is 0. The van der Waals surface area contributed by atoms with Crippen molar-refractivity contribution in [3.8, 4) is 5.75 Å². The number of nitrogens with zero attached hydrogens (tertiary/aromatic N) is 2. The van der Waals surface area contributed by atoms with Gasteiger partial charge in [0.15, 0.2) is 11.6 Å². The molecule has 0 aliphatic heterocycles. The first-order valence-electron chi connectivity index (χ1n) is 5.82. The maximum Gasteiger partial charge on any atom is 0.167 e. The van der Waals surface area contributed by atoms with Crippen LogP contribution in [0.25, 0.3) is 0 Å². The van der Waals surface area contributed by atoms with Crippen LogP contribution < -0.4 is 10.1 Å². The van der Waals surface area contributed by atoms with Crippen LogP contribution in [0.3, 0.4) is 0 Å². The Kier molecular flexibility index (Phi) is 3.82. The molecular formula is C13H16FN3O. The molecule has 0 unspecified atom stereocenters. The molecule has 1 N–H and O–H groups in total. The van der Waals surface area contributed by atoms with Gasteiger partial charge in [-0.15, -0.1) is 0 Å². The van der Waals surface area contributed by atoms with Crippen molar-refractivity contribution in [3.63, 3.8) is 0 Å². The van der Waals surface area contributed by atoms with Crippen molar-refractivity contribution in [2.24, 2.45) is 7.05 Å². The summed E-state index contributed by atoms with van der Waals surface area (Å²) >= 11 is 0. The van der Waals surface area contributed by atoms with Gasteiger partial charge in [-0.3, -0.25) is 4.68 Å². The van der Waals surface area contributed by atoms with Crippen molar-refractivity contribution in [2.75, 3.05) is 11.9 Å². The molecule has 0 aliphatic rings. The van der Waals surface area contributed by atoms with Crippen molar-refractivity contribution in [1.82, 2.24) is 9.78 Å². The molecule has 0 fully saturated rings. The molecule has 96 valence electrons. The highest BCUT2D eigenvalue weighted by Gasteiger charge is 2.04. The number of aryl methyl sites for hydroxylation is 1. The van der Waals surface area contributed by atoms with Gasteiger partial charge in [-0.25, -0.2) is 4.39 Å². The molecule has 0 radical (unpaired) electrons. The Morgan fingerprint density at radius 3 is 2.89 bits per heavy atom. The van der Waals surface area contributed by atoms with E-state index in [1.165, 1.54) is 6.07 Å². The average molecular weight is 249 g/mol. The molecule has 0 saturated carbocycles. The minimum absolute atomic E-state index is 0.282. The van der Waals surface area contributed by atoms with Crippen LogP contribution in [-0.4, -0.2) is 16.4 Å². The molecule has 18 heavy (non-hydrogen) atoms. The second-order valence-electron chi connectivity index (χ2n) is 3.95. The Hall–Kier alpha value is -2.04. The van der Waals surface area contributed by atoms with Crippen LogP contribution in [0.2, 0.25) is 0 Å². The Balaban J connectivity index is 1.99. The Bertz CT molecular complexity index is 525. The van der Waals surface area contributed by atoms with Crippen LogP contribution in [0.5, 0.6) is 5.75 Å². The first kappa shape index (κ1) is 12.4. The number of hydrogen-bond donors (Lipinski definition) is 1. The number of nitrogens with one attached hydrogen (secondary N) is 1. The van der Waals surface area contributed by atoms with E-state index in [1.807, 2.05) is 20.2 Å². The minimum Gasteiger partial charge on any atom is -0.491 e. The number of anilines is 1. The molecule has 0 aliphatic carbocycles. The van der Waals surface area contributed by atoms with E-state index in [4.69, 9.17) is 4.74 Å². The normalized spacial score (nSPS) is 10.4. The third kappa shape index (κ3) is 3.00. The highest BCUT2D eigenvalue weighted by Crippen LogP contribution is 2.21. The third-order valence-electron chi connectivity index (χ3n) is 2.49. The Labute approximate surface area is 105 Å². The van der Waals surface area contributed by atoms with E-state index in [0.29, 0.717) is 13.2 Å². The lowest BCUT2D eigenvalue weighted by Gasteiger charge is -2.08. The molecule has 5 heteroatoms. The smallest absolute Gasteiger partial charge is 0.167 e. The summed E-state index contributed by atoms with van der Waals surface area (Å²) in [5, 5.41) is 7.20. The lowest BCUT2D eigenvalue weighted by Crippen LogP contribution is -2.00. The minimum atomic E-state index is -0.354. The van der Waals surface area contributed by atoms with Gasteiger partial charge in [0.2, 0.25) is 0 Å². The number of aromatic nitrogens is 2. The van der Waals surface area contributed by atoms with E-state index in [9.17, 15) is 4.39 Å². The predicted octanol–water partition coefficient (Wildman–Crippen LogP) is 2.57. The fourth-order valence-corrected chi connectivity index (χ4v) is 1.65. The van der Waals surface area contributed by atoms with Gasteiger partial charge in [-0.2, -0.15) is 5.10 Å². The van der Waals surface area contributed by atoms with Crippen molar-refractivity contribution in [2.45, 2.75) is 13.5 Å². The van der Waals surface area contributed by atoms with Crippen molar-refractivity contribution < 1.29 is 9.13 Å². The van der Waals surface area contributed by atoms with E-state index >= 15 is 0 Å². The maximum atomic E-state index is 13.6. The van der Waals surface area contributed by atoms with Crippen LogP contribution >= 0.6 is 0 Å². The summed E-state index contributed by atoms with van der Waals surface area (Å²) in [6, 6.07) is 4.86. The zero-order chi connectivity index (χ0) is 13.0. The molecule has 0 atom stereocenters. The van der Waals surface area contributed by atoms with Crippen molar-refractivity contribution >= 4 is 5.69 Å². The molecule has 2 aromatic rings. The van der Waals surface area contributed by atoms with E-state index in [1.54, 1.807) is 23.0 Å². The van der Waals surface area contributed by atoms with E-state index in [2.05, 4.69) is 10.4 Å². The highest BCUT2D eigenvalue weighted by molar-refractivity contribution is 5.47. The van der Waals surface area contributed by atoms with Gasteiger partial charge < -0.3 is 10.1 Å². The second kappa shape index (κ2) is 5.53. The average Bonchev–Trinajstić information content (AvgIpc) is 2.76. The van der Waals surface area contributed by atoms with Crippen LogP contribution in [0.4, 0.5) is 10.1 Å². The highest BCUT2D eigenvalue weighted by atomic mass is 19.1. The molecule has 2 rings (SSSR count). The lowest BCUT2D eigenvalue weighted by atomic mass is 10.2. The fourth-order valence-electron chi connectivity index (χ4n) is 1.65. The number of benzene rings is 1. The van der Waals surface area contributed by atoms with E-state index in [0.717, 1.165) is 11.3 Å². The summed E-state index contributed by atoms with van der Waals surface area (Å²) in [7, 11) is 1.86. The standard InChI is InChI=1S/C13H16FN3O/c1-3-18-13-5-4-11(6-12(13)14)15-7-10-8-16-17(2)9-10/h4-6,8-9,15H,3,7H2,1-2H3. The van der Waals surface area contributed by atoms with E-state index in [-0.39, 0.29) is 11.6 Å². The van der Waals surface area contributed by atoms with Crippen LogP contribution in [-0.2, 0) is 13.6 Å². The third-order valence-corrected chi connectivity index (χ3v) is 2.49. The van der Waals surface area contributed by atoms with Crippen LogP contribution in [0, 0.1) is 5.82 Å². The molecule has 0 saturated heterocycles. The largest absolute Gasteiger partial charge is 0.491 e. The molecule has 0 bridgehead atoms.